The molecular weight excluding hydrogens is 296 g/mol. The highest BCUT2D eigenvalue weighted by atomic mass is 16.5. The van der Waals surface area contributed by atoms with Crippen molar-refractivity contribution >= 4 is 11.8 Å². The smallest absolute Gasteiger partial charge is 0.237 e. The average Bonchev–Trinajstić information content (AvgIpc) is 2.93. The Bertz CT molecular complexity index is 536. The van der Waals surface area contributed by atoms with Gasteiger partial charge in [-0.3, -0.25) is 14.5 Å². The third-order valence-corrected chi connectivity index (χ3v) is 3.80. The monoisotopic (exact) mass is 322 g/mol. The van der Waals surface area contributed by atoms with E-state index in [2.05, 4.69) is 36.1 Å². The zero-order chi connectivity index (χ0) is 17.0. The quantitative estimate of drug-likeness (QED) is 0.870. The van der Waals surface area contributed by atoms with Crippen LogP contribution in [0.3, 0.4) is 0 Å². The lowest BCUT2D eigenvalue weighted by Crippen LogP contribution is -2.58. The van der Waals surface area contributed by atoms with Crippen LogP contribution >= 0.6 is 0 Å². The van der Waals surface area contributed by atoms with Gasteiger partial charge in [0.25, 0.3) is 0 Å². The first-order valence-corrected chi connectivity index (χ1v) is 7.91. The third-order valence-electron chi connectivity index (χ3n) is 3.80. The van der Waals surface area contributed by atoms with Crippen LogP contribution in [-0.2, 0) is 16.1 Å². The largest absolute Gasteiger partial charge is 0.364 e. The van der Waals surface area contributed by atoms with Crippen LogP contribution in [-0.4, -0.2) is 59.5 Å². The predicted molar refractivity (Wildman–Crippen MR) is 85.4 cm³/mol. The topological polar surface area (TPSA) is 78.7 Å². The summed E-state index contributed by atoms with van der Waals surface area (Å²) in [6, 6.07) is 1.32. The van der Waals surface area contributed by atoms with Gasteiger partial charge in [-0.1, -0.05) is 25.9 Å². The highest BCUT2D eigenvalue weighted by Gasteiger charge is 2.34. The Hall–Kier alpha value is -1.89. The maximum absolute atomic E-state index is 12.5. The molecule has 0 bridgehead atoms. The lowest BCUT2D eigenvalue weighted by atomic mass is 9.94. The van der Waals surface area contributed by atoms with Crippen LogP contribution in [0, 0.1) is 5.41 Å². The molecule has 0 unspecified atom stereocenters. The summed E-state index contributed by atoms with van der Waals surface area (Å²) < 4.78 is 4.77. The van der Waals surface area contributed by atoms with E-state index in [0.29, 0.717) is 18.8 Å². The van der Waals surface area contributed by atoms with E-state index < -0.39 is 6.04 Å². The lowest BCUT2D eigenvalue weighted by molar-refractivity contribution is -0.138. The van der Waals surface area contributed by atoms with Crippen LogP contribution in [0.25, 0.3) is 0 Å². The fraction of sp³-hybridized carbons (Fsp3) is 0.688. The first kappa shape index (κ1) is 17.5. The van der Waals surface area contributed by atoms with Crippen molar-refractivity contribution in [2.45, 2.75) is 39.8 Å². The first-order valence-electron chi connectivity index (χ1n) is 7.91. The van der Waals surface area contributed by atoms with Crippen molar-refractivity contribution in [1.82, 2.24) is 20.3 Å². The van der Waals surface area contributed by atoms with Gasteiger partial charge < -0.3 is 14.7 Å². The number of nitrogens with one attached hydrogen (secondary N) is 1. The van der Waals surface area contributed by atoms with E-state index in [4.69, 9.17) is 4.52 Å². The van der Waals surface area contributed by atoms with Crippen LogP contribution in [0.4, 0.5) is 0 Å². The Morgan fingerprint density at radius 2 is 2.26 bits per heavy atom. The molecular formula is C16H26N4O3. The van der Waals surface area contributed by atoms with E-state index in [1.54, 1.807) is 18.0 Å². The minimum Gasteiger partial charge on any atom is -0.364 e. The van der Waals surface area contributed by atoms with Crippen molar-refractivity contribution in [1.29, 1.82) is 0 Å². The number of hydrogen-bond acceptors (Lipinski definition) is 5. The molecule has 1 aliphatic heterocycles. The van der Waals surface area contributed by atoms with Crippen molar-refractivity contribution in [3.8, 4) is 0 Å². The number of nitrogens with zero attached hydrogens (tertiary/aromatic N) is 3. The molecule has 0 aliphatic carbocycles. The molecule has 1 fully saturated rings. The molecule has 23 heavy (non-hydrogen) atoms. The molecule has 1 N–H and O–H groups in total. The fourth-order valence-corrected chi connectivity index (χ4v) is 2.75. The molecule has 1 aromatic rings. The first-order chi connectivity index (χ1) is 10.8. The molecule has 128 valence electrons. The molecule has 0 radical (unpaired) electrons. The van der Waals surface area contributed by atoms with Gasteiger partial charge in [-0.15, -0.1) is 0 Å². The highest BCUT2D eigenvalue weighted by Crippen LogP contribution is 2.20. The molecule has 1 aliphatic rings. The number of amides is 2. The maximum Gasteiger partial charge on any atom is 0.237 e. The summed E-state index contributed by atoms with van der Waals surface area (Å²) in [5, 5.41) is 6.66. The van der Waals surface area contributed by atoms with E-state index in [1.807, 2.05) is 0 Å². The van der Waals surface area contributed by atoms with E-state index in [1.165, 1.54) is 6.26 Å². The predicted octanol–water partition coefficient (Wildman–Crippen LogP) is 0.870. The molecule has 1 aromatic heterocycles. The van der Waals surface area contributed by atoms with Gasteiger partial charge in [-0.2, -0.15) is 0 Å². The van der Waals surface area contributed by atoms with Crippen LogP contribution in [0.5, 0.6) is 0 Å². The van der Waals surface area contributed by atoms with Gasteiger partial charge in [0.2, 0.25) is 11.8 Å². The number of piperazine rings is 1. The van der Waals surface area contributed by atoms with Crippen LogP contribution in [0.15, 0.2) is 16.9 Å². The van der Waals surface area contributed by atoms with Gasteiger partial charge >= 0.3 is 0 Å². The standard InChI is InChI=1S/C16H26N4O3/c1-16(2,3)11-20-7-6-17-15(22)13(20)9-14(21)19(4)10-12-5-8-23-18-12/h5,8,13H,6-7,9-11H2,1-4H3,(H,17,22)/t13-/m1/s1. The Balaban J connectivity index is 1.98. The highest BCUT2D eigenvalue weighted by molar-refractivity contribution is 5.88. The summed E-state index contributed by atoms with van der Waals surface area (Å²) in [6.45, 7) is 8.97. The Labute approximate surface area is 137 Å². The van der Waals surface area contributed by atoms with Gasteiger partial charge in [0, 0.05) is 32.7 Å². The van der Waals surface area contributed by atoms with Crippen LogP contribution in [0.1, 0.15) is 32.9 Å². The van der Waals surface area contributed by atoms with E-state index in [9.17, 15) is 9.59 Å². The zero-order valence-electron chi connectivity index (χ0n) is 14.3. The van der Waals surface area contributed by atoms with Crippen molar-refractivity contribution < 1.29 is 14.1 Å². The molecule has 2 rings (SSSR count). The number of carbonyl (C=O) groups is 2. The van der Waals surface area contributed by atoms with Gasteiger partial charge in [0.15, 0.2) is 0 Å². The summed E-state index contributed by atoms with van der Waals surface area (Å²) in [5.74, 6) is -0.141. The van der Waals surface area contributed by atoms with Crippen LogP contribution in [0.2, 0.25) is 0 Å². The lowest BCUT2D eigenvalue weighted by Gasteiger charge is -2.38. The van der Waals surface area contributed by atoms with Gasteiger partial charge in [0.05, 0.1) is 19.0 Å². The summed E-state index contributed by atoms with van der Waals surface area (Å²) in [5.41, 5.74) is 0.770. The normalized spacial score (nSPS) is 19.5. The maximum atomic E-state index is 12.5. The minimum absolute atomic E-state index is 0.0660. The van der Waals surface area contributed by atoms with Gasteiger partial charge in [-0.05, 0) is 5.41 Å². The summed E-state index contributed by atoms with van der Waals surface area (Å²) in [7, 11) is 1.71. The summed E-state index contributed by atoms with van der Waals surface area (Å²) in [6.07, 6.45) is 1.66. The van der Waals surface area contributed by atoms with E-state index in [-0.39, 0.29) is 23.7 Å². The molecule has 0 saturated carbocycles. The molecule has 2 amide bonds. The molecule has 7 nitrogen and oxygen atoms in total. The SMILES string of the molecule is CN(Cc1ccon1)C(=O)C[C@@H]1C(=O)NCCN1CC(C)(C)C. The zero-order valence-corrected chi connectivity index (χ0v) is 14.3. The number of hydrogen-bond donors (Lipinski definition) is 1. The molecule has 1 atom stereocenters. The second-order valence-electron chi connectivity index (χ2n) is 7.28. The third kappa shape index (κ3) is 5.06. The molecule has 2 heterocycles. The number of rotatable bonds is 5. The van der Waals surface area contributed by atoms with Gasteiger partial charge in [0.1, 0.15) is 12.0 Å². The van der Waals surface area contributed by atoms with Crippen molar-refractivity contribution in [3.05, 3.63) is 18.0 Å². The summed E-state index contributed by atoms with van der Waals surface area (Å²) in [4.78, 5) is 28.4. The fourth-order valence-electron chi connectivity index (χ4n) is 2.75. The average molecular weight is 322 g/mol. The van der Waals surface area contributed by atoms with Crippen molar-refractivity contribution in [2.75, 3.05) is 26.7 Å². The minimum atomic E-state index is -0.407. The second kappa shape index (κ2) is 7.12. The number of carbonyl (C=O) groups excluding carboxylic acids is 2. The molecule has 0 aromatic carbocycles. The molecule has 0 spiro atoms. The van der Waals surface area contributed by atoms with Crippen molar-refractivity contribution in [3.63, 3.8) is 0 Å². The Morgan fingerprint density at radius 3 is 2.87 bits per heavy atom. The molecule has 1 saturated heterocycles. The Morgan fingerprint density at radius 1 is 1.52 bits per heavy atom. The van der Waals surface area contributed by atoms with Gasteiger partial charge in [-0.25, -0.2) is 0 Å². The second-order valence-corrected chi connectivity index (χ2v) is 7.28. The number of aromatic nitrogens is 1. The Kier molecular flexibility index (Phi) is 5.41. The molecule has 7 heteroatoms. The van der Waals surface area contributed by atoms with E-state index >= 15 is 0 Å². The van der Waals surface area contributed by atoms with Crippen molar-refractivity contribution in [2.24, 2.45) is 5.41 Å². The van der Waals surface area contributed by atoms with Crippen LogP contribution < -0.4 is 5.32 Å². The summed E-state index contributed by atoms with van der Waals surface area (Å²) >= 11 is 0. The van der Waals surface area contributed by atoms with E-state index in [0.717, 1.165) is 13.1 Å².